The summed E-state index contributed by atoms with van der Waals surface area (Å²) in [5, 5.41) is 2.23. The van der Waals surface area contributed by atoms with Gasteiger partial charge in [-0.25, -0.2) is 4.98 Å². The molecule has 0 saturated carbocycles. The lowest BCUT2D eigenvalue weighted by atomic mass is 10.1. The molecule has 0 aliphatic rings. The Balaban J connectivity index is 1.87. The van der Waals surface area contributed by atoms with Crippen LogP contribution in [-0.2, 0) is 0 Å². The maximum Gasteiger partial charge on any atom is 0.163 e. The summed E-state index contributed by atoms with van der Waals surface area (Å²) in [5.74, 6) is 0.864. The van der Waals surface area contributed by atoms with E-state index in [1.54, 1.807) is 0 Å². The molecule has 1 N–H and O–H groups in total. The Morgan fingerprint density at radius 2 is 1.59 bits per heavy atom. The Morgan fingerprint density at radius 3 is 2.50 bits per heavy atom. The van der Waals surface area contributed by atoms with E-state index in [0.29, 0.717) is 0 Å². The molecule has 0 spiro atoms. The Labute approximate surface area is 126 Å². The molecule has 5 aromatic rings. The van der Waals surface area contributed by atoms with Crippen LogP contribution in [0, 0.1) is 0 Å². The normalized spacial score (nSPS) is 11.6. The van der Waals surface area contributed by atoms with Gasteiger partial charge in [0, 0.05) is 16.3 Å². The average Bonchev–Trinajstić information content (AvgIpc) is 3.16. The molecule has 0 radical (unpaired) electrons. The van der Waals surface area contributed by atoms with Gasteiger partial charge in [-0.05, 0) is 18.2 Å². The number of H-pyrrole nitrogens is 1. The minimum absolute atomic E-state index is 0.845. The van der Waals surface area contributed by atoms with Crippen molar-refractivity contribution in [1.29, 1.82) is 0 Å². The molecule has 22 heavy (non-hydrogen) atoms. The van der Waals surface area contributed by atoms with Crippen LogP contribution in [0.2, 0.25) is 0 Å². The van der Waals surface area contributed by atoms with E-state index >= 15 is 0 Å². The Bertz CT molecular complexity index is 1120. The van der Waals surface area contributed by atoms with Gasteiger partial charge in [-0.3, -0.25) is 0 Å². The van der Waals surface area contributed by atoms with Gasteiger partial charge < -0.3 is 9.40 Å². The molecule has 0 amide bonds. The molecule has 0 bridgehead atoms. The van der Waals surface area contributed by atoms with E-state index in [2.05, 4.69) is 23.2 Å². The minimum atomic E-state index is 0.845. The summed E-state index contributed by atoms with van der Waals surface area (Å²) in [6.45, 7) is 0. The first kappa shape index (κ1) is 11.6. The Kier molecular flexibility index (Phi) is 2.22. The number of furan rings is 1. The largest absolute Gasteiger partial charge is 0.454 e. The van der Waals surface area contributed by atoms with Crippen LogP contribution in [0.15, 0.2) is 71.1 Å². The third-order valence-electron chi connectivity index (χ3n) is 4.04. The fourth-order valence-corrected chi connectivity index (χ4v) is 2.99. The highest BCUT2D eigenvalue weighted by Gasteiger charge is 2.13. The number of imidazole rings is 1. The topological polar surface area (TPSA) is 41.8 Å². The zero-order valence-electron chi connectivity index (χ0n) is 11.7. The summed E-state index contributed by atoms with van der Waals surface area (Å²) in [5.41, 5.74) is 4.69. The molecular weight excluding hydrogens is 272 g/mol. The van der Waals surface area contributed by atoms with Crippen molar-refractivity contribution < 1.29 is 4.42 Å². The van der Waals surface area contributed by atoms with Crippen molar-refractivity contribution in [1.82, 2.24) is 9.97 Å². The summed E-state index contributed by atoms with van der Waals surface area (Å²) in [7, 11) is 0. The van der Waals surface area contributed by atoms with Crippen LogP contribution in [0.3, 0.4) is 0 Å². The zero-order valence-corrected chi connectivity index (χ0v) is 11.7. The fraction of sp³-hybridized carbons (Fsp3) is 0. The molecule has 5 rings (SSSR count). The van der Waals surface area contributed by atoms with Gasteiger partial charge in [0.05, 0.1) is 5.52 Å². The van der Waals surface area contributed by atoms with Crippen molar-refractivity contribution in [2.45, 2.75) is 0 Å². The fourth-order valence-electron chi connectivity index (χ4n) is 2.99. The summed E-state index contributed by atoms with van der Waals surface area (Å²) >= 11 is 0. The van der Waals surface area contributed by atoms with Gasteiger partial charge >= 0.3 is 0 Å². The monoisotopic (exact) mass is 284 g/mol. The van der Waals surface area contributed by atoms with Gasteiger partial charge in [0.15, 0.2) is 5.58 Å². The molecule has 104 valence electrons. The van der Waals surface area contributed by atoms with Crippen molar-refractivity contribution in [3.05, 3.63) is 66.7 Å². The number of fused-ring (bicyclic) bond motifs is 5. The summed E-state index contributed by atoms with van der Waals surface area (Å²) in [6.07, 6.45) is 0. The number of nitrogens with one attached hydrogen (secondary N) is 1. The van der Waals surface area contributed by atoms with E-state index in [4.69, 9.17) is 9.40 Å². The quantitative estimate of drug-likeness (QED) is 0.463. The number of aromatic nitrogens is 2. The second kappa shape index (κ2) is 4.21. The van der Waals surface area contributed by atoms with Gasteiger partial charge in [0.1, 0.15) is 16.9 Å². The van der Waals surface area contributed by atoms with Gasteiger partial charge in [-0.1, -0.05) is 48.5 Å². The van der Waals surface area contributed by atoms with E-state index in [-0.39, 0.29) is 0 Å². The van der Waals surface area contributed by atoms with Crippen molar-refractivity contribution in [3.63, 3.8) is 0 Å². The van der Waals surface area contributed by atoms with Crippen molar-refractivity contribution in [2.24, 2.45) is 0 Å². The highest BCUT2D eigenvalue weighted by molar-refractivity contribution is 6.13. The number of para-hydroxylation sites is 1. The molecule has 0 atom stereocenters. The second-order valence-corrected chi connectivity index (χ2v) is 5.39. The molecule has 3 aromatic carbocycles. The van der Waals surface area contributed by atoms with E-state index < -0.39 is 0 Å². The van der Waals surface area contributed by atoms with E-state index in [1.807, 2.05) is 48.5 Å². The summed E-state index contributed by atoms with van der Waals surface area (Å²) in [4.78, 5) is 8.13. The predicted molar refractivity (Wildman–Crippen MR) is 88.8 cm³/mol. The molecular formula is C19H12N2O. The number of benzene rings is 3. The third-order valence-corrected chi connectivity index (χ3v) is 4.04. The van der Waals surface area contributed by atoms with Crippen LogP contribution >= 0.6 is 0 Å². The second-order valence-electron chi connectivity index (χ2n) is 5.39. The zero-order chi connectivity index (χ0) is 14.5. The van der Waals surface area contributed by atoms with Crippen LogP contribution in [0.5, 0.6) is 0 Å². The first-order valence-electron chi connectivity index (χ1n) is 7.25. The van der Waals surface area contributed by atoms with Gasteiger partial charge in [-0.15, -0.1) is 0 Å². The highest BCUT2D eigenvalue weighted by Crippen LogP contribution is 2.33. The van der Waals surface area contributed by atoms with E-state index in [0.717, 1.165) is 44.4 Å². The molecule has 2 aromatic heterocycles. The number of hydrogen-bond acceptors (Lipinski definition) is 2. The number of nitrogens with zero attached hydrogens (tertiary/aromatic N) is 1. The van der Waals surface area contributed by atoms with Crippen LogP contribution < -0.4 is 0 Å². The molecule has 0 aliphatic carbocycles. The summed E-state index contributed by atoms with van der Waals surface area (Å²) < 4.78 is 6.03. The third kappa shape index (κ3) is 1.53. The number of hydrogen-bond donors (Lipinski definition) is 1. The molecule has 0 aliphatic heterocycles. The molecule has 0 unspecified atom stereocenters. The minimum Gasteiger partial charge on any atom is -0.454 e. The van der Waals surface area contributed by atoms with Crippen LogP contribution in [-0.4, -0.2) is 9.97 Å². The number of rotatable bonds is 1. The van der Waals surface area contributed by atoms with Crippen LogP contribution in [0.4, 0.5) is 0 Å². The standard InChI is InChI=1S/C19H12N2O/c1-2-6-12(7-3-1)19-20-15-11-10-14-13-8-4-5-9-16(13)22-18(14)17(15)21-19/h1-11H,(H,20,21). The smallest absolute Gasteiger partial charge is 0.163 e. The van der Waals surface area contributed by atoms with Crippen LogP contribution in [0.25, 0.3) is 44.4 Å². The van der Waals surface area contributed by atoms with E-state index in [1.165, 1.54) is 0 Å². The SMILES string of the molecule is c1ccc(-c2nc3c(ccc4c5ccccc5oc43)[nH]2)cc1. The van der Waals surface area contributed by atoms with Gasteiger partial charge in [-0.2, -0.15) is 0 Å². The Hall–Kier alpha value is -3.07. The lowest BCUT2D eigenvalue weighted by molar-refractivity contribution is 0.672. The first-order chi connectivity index (χ1) is 10.9. The number of aromatic amines is 1. The van der Waals surface area contributed by atoms with Crippen molar-refractivity contribution in [2.75, 3.05) is 0 Å². The lowest BCUT2D eigenvalue weighted by Gasteiger charge is -1.93. The predicted octanol–water partition coefficient (Wildman–Crippen LogP) is 5.13. The maximum absolute atomic E-state index is 6.03. The van der Waals surface area contributed by atoms with Crippen molar-refractivity contribution in [3.8, 4) is 11.4 Å². The molecule has 2 heterocycles. The average molecular weight is 284 g/mol. The molecule has 3 nitrogen and oxygen atoms in total. The van der Waals surface area contributed by atoms with Gasteiger partial charge in [0.2, 0.25) is 0 Å². The van der Waals surface area contributed by atoms with Gasteiger partial charge in [0.25, 0.3) is 0 Å². The van der Waals surface area contributed by atoms with E-state index in [9.17, 15) is 0 Å². The molecule has 3 heteroatoms. The van der Waals surface area contributed by atoms with Crippen molar-refractivity contribution >= 4 is 33.0 Å². The lowest BCUT2D eigenvalue weighted by Crippen LogP contribution is -1.77. The summed E-state index contributed by atoms with van der Waals surface area (Å²) in [6, 6.07) is 22.4. The molecule has 0 saturated heterocycles. The van der Waals surface area contributed by atoms with Crippen LogP contribution in [0.1, 0.15) is 0 Å². The highest BCUT2D eigenvalue weighted by atomic mass is 16.3. The first-order valence-corrected chi connectivity index (χ1v) is 7.25. The molecule has 0 fully saturated rings. The maximum atomic E-state index is 6.03. The Morgan fingerprint density at radius 1 is 0.773 bits per heavy atom.